The molecule has 6 heteroatoms. The molecule has 1 N–H and O–H groups in total. The van der Waals surface area contributed by atoms with Gasteiger partial charge in [-0.15, -0.1) is 0 Å². The normalized spacial score (nSPS) is 19.4. The topological polar surface area (TPSA) is 49.4 Å². The van der Waals surface area contributed by atoms with Crippen LogP contribution in [-0.4, -0.2) is 33.3 Å². The van der Waals surface area contributed by atoms with E-state index in [1.807, 2.05) is 31.2 Å². The van der Waals surface area contributed by atoms with Gasteiger partial charge in [0.1, 0.15) is 0 Å². The zero-order valence-electron chi connectivity index (χ0n) is 9.85. The number of anilines is 1. The number of rotatable bonds is 4. The number of hydrogen-bond donors (Lipinski definition) is 1. The molecular weight excluding hydrogens is 316 g/mol. The van der Waals surface area contributed by atoms with E-state index >= 15 is 0 Å². The van der Waals surface area contributed by atoms with Gasteiger partial charge in [-0.2, -0.15) is 0 Å². The average Bonchev–Trinajstić information content (AvgIpc) is 2.60. The Kier molecular flexibility index (Phi) is 4.29. The summed E-state index contributed by atoms with van der Waals surface area (Å²) in [6.07, 6.45) is 0. The minimum absolute atomic E-state index is 0.176. The molecule has 4 nitrogen and oxygen atoms in total. The molecule has 1 saturated heterocycles. The maximum atomic E-state index is 12.0. The molecule has 0 spiro atoms. The Morgan fingerprint density at radius 2 is 2.00 bits per heavy atom. The number of nitrogens with one attached hydrogen (secondary N) is 1. The third-order valence-electron chi connectivity index (χ3n) is 2.59. The van der Waals surface area contributed by atoms with Crippen molar-refractivity contribution in [2.45, 2.75) is 12.3 Å². The first-order valence-corrected chi connectivity index (χ1v) is 7.53. The van der Waals surface area contributed by atoms with Crippen LogP contribution in [0.15, 0.2) is 24.3 Å². The summed E-state index contributed by atoms with van der Waals surface area (Å²) in [6.45, 7) is 2.41. The van der Waals surface area contributed by atoms with Gasteiger partial charge in [0, 0.05) is 17.6 Å². The highest BCUT2D eigenvalue weighted by Crippen LogP contribution is 2.28. The summed E-state index contributed by atoms with van der Waals surface area (Å²) >= 11 is 4.26. The lowest BCUT2D eigenvalue weighted by Crippen LogP contribution is -2.35. The van der Waals surface area contributed by atoms with E-state index in [1.165, 1.54) is 4.90 Å². The van der Waals surface area contributed by atoms with Crippen LogP contribution in [0.1, 0.15) is 5.56 Å². The largest absolute Gasteiger partial charge is 0.365 e. The van der Waals surface area contributed by atoms with Gasteiger partial charge in [0.05, 0.1) is 0 Å². The summed E-state index contributed by atoms with van der Waals surface area (Å²) in [5.41, 5.74) is 2.00. The Labute approximate surface area is 118 Å². The number of aryl methyl sites for hydroxylation is 1. The van der Waals surface area contributed by atoms with Crippen molar-refractivity contribution >= 4 is 44.5 Å². The number of halogens is 1. The van der Waals surface area contributed by atoms with Crippen LogP contribution in [0.2, 0.25) is 0 Å². The quantitative estimate of drug-likeness (QED) is 0.863. The predicted molar refractivity (Wildman–Crippen MR) is 77.1 cm³/mol. The van der Waals surface area contributed by atoms with Gasteiger partial charge in [-0.05, 0) is 30.8 Å². The molecule has 0 bridgehead atoms. The predicted octanol–water partition coefficient (Wildman–Crippen LogP) is 2.82. The lowest BCUT2D eigenvalue weighted by Gasteiger charge is -2.13. The van der Waals surface area contributed by atoms with Crippen molar-refractivity contribution in [2.75, 3.05) is 17.2 Å². The fraction of sp³-hybridized carbons (Fsp3) is 0.333. The summed E-state index contributed by atoms with van der Waals surface area (Å²) in [5, 5.41) is 2.97. The number of hydrogen-bond acceptors (Lipinski definition) is 4. The third-order valence-corrected chi connectivity index (χ3v) is 3.92. The second-order valence-electron chi connectivity index (χ2n) is 3.95. The van der Waals surface area contributed by atoms with Gasteiger partial charge in [0.2, 0.25) is 0 Å². The summed E-state index contributed by atoms with van der Waals surface area (Å²) < 4.78 is 0. The molecule has 1 aliphatic heterocycles. The Morgan fingerprint density at radius 1 is 1.33 bits per heavy atom. The Balaban J connectivity index is 2.05. The molecule has 1 aliphatic rings. The zero-order valence-corrected chi connectivity index (χ0v) is 12.3. The van der Waals surface area contributed by atoms with Crippen LogP contribution in [-0.2, 0) is 4.79 Å². The number of thioether (sulfide) groups is 1. The fourth-order valence-corrected chi connectivity index (χ4v) is 2.91. The number of nitrogens with zero attached hydrogens (tertiary/aromatic N) is 1. The molecular formula is C12H13BrN2O2S. The van der Waals surface area contributed by atoms with Crippen molar-refractivity contribution < 1.29 is 9.59 Å². The summed E-state index contributed by atoms with van der Waals surface area (Å²) in [4.78, 5) is 24.9. The molecule has 0 unspecified atom stereocenters. The van der Waals surface area contributed by atoms with Crippen LogP contribution >= 0.6 is 27.7 Å². The lowest BCUT2D eigenvalue weighted by atomic mass is 10.2. The number of benzene rings is 1. The van der Waals surface area contributed by atoms with Crippen molar-refractivity contribution in [3.05, 3.63) is 29.8 Å². The fourth-order valence-electron chi connectivity index (χ4n) is 1.62. The van der Waals surface area contributed by atoms with Gasteiger partial charge in [0.15, 0.2) is 5.37 Å². The van der Waals surface area contributed by atoms with Crippen molar-refractivity contribution in [1.82, 2.24) is 4.90 Å². The minimum atomic E-state index is -0.515. The van der Waals surface area contributed by atoms with E-state index in [9.17, 15) is 9.59 Å². The van der Waals surface area contributed by atoms with Gasteiger partial charge in [0.25, 0.3) is 11.1 Å². The highest BCUT2D eigenvalue weighted by atomic mass is 79.9. The highest BCUT2D eigenvalue weighted by molar-refractivity contribution is 9.09. The molecule has 1 atom stereocenters. The maximum absolute atomic E-state index is 12.0. The number of amides is 2. The van der Waals surface area contributed by atoms with Crippen LogP contribution in [0.4, 0.5) is 10.5 Å². The van der Waals surface area contributed by atoms with Gasteiger partial charge in [-0.25, -0.2) is 0 Å². The number of imide groups is 1. The molecule has 0 aliphatic carbocycles. The Bertz CT molecular complexity index is 464. The summed E-state index contributed by atoms with van der Waals surface area (Å²) in [5.74, 6) is -0.176. The lowest BCUT2D eigenvalue weighted by molar-refractivity contribution is -0.125. The number of carbonyl (C=O) groups excluding carboxylic acids is 2. The minimum Gasteiger partial charge on any atom is -0.365 e. The molecule has 1 aromatic carbocycles. The van der Waals surface area contributed by atoms with Crippen LogP contribution in [0.5, 0.6) is 0 Å². The first-order chi connectivity index (χ1) is 8.61. The molecule has 96 valence electrons. The maximum Gasteiger partial charge on any atom is 0.290 e. The third kappa shape index (κ3) is 2.87. The molecule has 0 saturated carbocycles. The van der Waals surface area contributed by atoms with Crippen molar-refractivity contribution in [3.8, 4) is 0 Å². The molecule has 1 heterocycles. The smallest absolute Gasteiger partial charge is 0.290 e. The number of alkyl halides is 1. The van der Waals surface area contributed by atoms with Crippen LogP contribution in [0.3, 0.4) is 0 Å². The zero-order chi connectivity index (χ0) is 13.1. The van der Waals surface area contributed by atoms with E-state index < -0.39 is 5.37 Å². The van der Waals surface area contributed by atoms with Gasteiger partial charge in [-0.3, -0.25) is 14.5 Å². The van der Waals surface area contributed by atoms with Crippen LogP contribution in [0.25, 0.3) is 0 Å². The van der Waals surface area contributed by atoms with E-state index in [1.54, 1.807) is 0 Å². The molecule has 0 aromatic heterocycles. The van der Waals surface area contributed by atoms with Crippen LogP contribution < -0.4 is 5.32 Å². The van der Waals surface area contributed by atoms with E-state index in [-0.39, 0.29) is 11.1 Å². The monoisotopic (exact) mass is 328 g/mol. The second-order valence-corrected chi connectivity index (χ2v) is 5.80. The van der Waals surface area contributed by atoms with E-state index in [0.717, 1.165) is 23.0 Å². The van der Waals surface area contributed by atoms with E-state index in [0.29, 0.717) is 11.9 Å². The van der Waals surface area contributed by atoms with Crippen LogP contribution in [0, 0.1) is 6.92 Å². The summed E-state index contributed by atoms with van der Waals surface area (Å²) in [7, 11) is 0. The van der Waals surface area contributed by atoms with Crippen molar-refractivity contribution in [1.29, 1.82) is 0 Å². The first kappa shape index (κ1) is 13.4. The molecule has 18 heavy (non-hydrogen) atoms. The standard InChI is InChI=1S/C12H13BrN2O2S/c1-8-2-4-9(5-3-8)14-10-11(16)15(7-6-13)12(17)18-10/h2-5,10,14H,6-7H2,1H3/t10-/m0/s1. The molecule has 2 amide bonds. The van der Waals surface area contributed by atoms with E-state index in [4.69, 9.17) is 0 Å². The molecule has 0 radical (unpaired) electrons. The summed E-state index contributed by atoms with van der Waals surface area (Å²) in [6, 6.07) is 7.73. The van der Waals surface area contributed by atoms with Crippen molar-refractivity contribution in [2.24, 2.45) is 0 Å². The SMILES string of the molecule is Cc1ccc(N[C@H]2SC(=O)N(CCBr)C2=O)cc1. The first-order valence-electron chi connectivity index (χ1n) is 5.53. The molecule has 1 aromatic rings. The second kappa shape index (κ2) is 5.75. The van der Waals surface area contributed by atoms with Crippen molar-refractivity contribution in [3.63, 3.8) is 0 Å². The average molecular weight is 329 g/mol. The molecule has 2 rings (SSSR count). The van der Waals surface area contributed by atoms with E-state index in [2.05, 4.69) is 21.2 Å². The van der Waals surface area contributed by atoms with Gasteiger partial charge in [-0.1, -0.05) is 33.6 Å². The molecule has 1 fully saturated rings. The highest BCUT2D eigenvalue weighted by Gasteiger charge is 2.39. The Hall–Kier alpha value is -1.01. The number of carbonyl (C=O) groups is 2. The Morgan fingerprint density at radius 3 is 2.61 bits per heavy atom. The van der Waals surface area contributed by atoms with Gasteiger partial charge < -0.3 is 5.32 Å². The van der Waals surface area contributed by atoms with Gasteiger partial charge >= 0.3 is 0 Å².